The van der Waals surface area contributed by atoms with Gasteiger partial charge in [-0.25, -0.2) is 0 Å². The average Bonchev–Trinajstić information content (AvgIpc) is 2.67. The molecule has 0 heterocycles. The molecule has 0 spiro atoms. The minimum absolute atomic E-state index is 0.0983. The molecule has 2 aromatic carbocycles. The molecule has 2 aliphatic rings. The molecule has 10 heteroatoms. The largest absolute Gasteiger partial charge is 0.507 e. The smallest absolute Gasteiger partial charge is 0.235 e. The lowest BCUT2D eigenvalue weighted by molar-refractivity contribution is -0.157. The summed E-state index contributed by atoms with van der Waals surface area (Å²) in [6.45, 7) is -0.0983. The number of amides is 1. The molecule has 3 atom stereocenters. The van der Waals surface area contributed by atoms with Crippen molar-refractivity contribution in [1.29, 1.82) is 0 Å². The lowest BCUT2D eigenvalue weighted by Crippen LogP contribution is -2.64. The lowest BCUT2D eigenvalue weighted by Gasteiger charge is -2.42. The molecular weight excluding hydrogens is 416 g/mol. The van der Waals surface area contributed by atoms with Crippen LogP contribution < -0.4 is 11.5 Å². The van der Waals surface area contributed by atoms with Gasteiger partial charge in [-0.2, -0.15) is 0 Å². The number of benzene rings is 2. The molecule has 0 saturated heterocycles. The van der Waals surface area contributed by atoms with E-state index in [-0.39, 0.29) is 51.2 Å². The number of carbonyl (C=O) groups excluding carboxylic acids is 4. The summed E-state index contributed by atoms with van der Waals surface area (Å²) in [7, 11) is 0. The van der Waals surface area contributed by atoms with E-state index in [1.807, 2.05) is 0 Å². The molecular formula is C20H17ClN2O7. The number of ketones is 3. The van der Waals surface area contributed by atoms with Crippen LogP contribution in [0.2, 0.25) is 5.02 Å². The first-order chi connectivity index (χ1) is 14.0. The minimum atomic E-state index is -2.70. The Balaban J connectivity index is 2.00. The maximum Gasteiger partial charge on any atom is 0.235 e. The molecule has 0 aliphatic heterocycles. The summed E-state index contributed by atoms with van der Waals surface area (Å²) < 4.78 is 0. The molecule has 4 rings (SSSR count). The average molecular weight is 433 g/mol. The molecule has 9 nitrogen and oxygen atoms in total. The number of hydrogen-bond acceptors (Lipinski definition) is 8. The van der Waals surface area contributed by atoms with E-state index in [9.17, 15) is 34.5 Å². The van der Waals surface area contributed by atoms with Crippen LogP contribution in [0.5, 0.6) is 11.5 Å². The number of hydrogen-bond donors (Lipinski definition) is 5. The molecule has 30 heavy (non-hydrogen) atoms. The number of Topliss-reactive ketones (excluding diaryl/α,β-unsaturated/α-hetero) is 3. The van der Waals surface area contributed by atoms with E-state index in [4.69, 9.17) is 23.1 Å². The highest BCUT2D eigenvalue weighted by Crippen LogP contribution is 2.49. The van der Waals surface area contributed by atoms with Gasteiger partial charge in [-0.05, 0) is 24.1 Å². The lowest BCUT2D eigenvalue weighted by atomic mass is 9.60. The van der Waals surface area contributed by atoms with Crippen LogP contribution in [0, 0.1) is 11.8 Å². The summed E-state index contributed by atoms with van der Waals surface area (Å²) >= 11 is 6.26. The summed E-state index contributed by atoms with van der Waals surface area (Å²) in [6, 6.07) is 2.89. The van der Waals surface area contributed by atoms with Gasteiger partial charge in [0.15, 0.2) is 23.1 Å². The number of nitrogens with two attached hydrogens (primary N) is 2. The van der Waals surface area contributed by atoms with Gasteiger partial charge in [-0.3, -0.25) is 19.2 Å². The van der Waals surface area contributed by atoms with Crippen molar-refractivity contribution >= 4 is 45.6 Å². The number of primary amides is 1. The van der Waals surface area contributed by atoms with Crippen molar-refractivity contribution in [3.05, 3.63) is 33.8 Å². The second kappa shape index (κ2) is 6.49. The number of fused-ring (bicyclic) bond motifs is 3. The predicted molar refractivity (Wildman–Crippen MR) is 104 cm³/mol. The predicted octanol–water partition coefficient (Wildman–Crippen LogP) is 0.0926. The van der Waals surface area contributed by atoms with E-state index in [0.717, 1.165) is 0 Å². The van der Waals surface area contributed by atoms with Crippen molar-refractivity contribution in [1.82, 2.24) is 0 Å². The van der Waals surface area contributed by atoms with Crippen molar-refractivity contribution in [2.75, 3.05) is 0 Å². The minimum Gasteiger partial charge on any atom is -0.507 e. The fourth-order valence-electron chi connectivity index (χ4n) is 4.52. The number of aliphatic hydroxyl groups is 1. The van der Waals surface area contributed by atoms with Crippen molar-refractivity contribution in [2.24, 2.45) is 23.3 Å². The Bertz CT molecular complexity index is 1190. The van der Waals surface area contributed by atoms with Crippen molar-refractivity contribution in [3.8, 4) is 11.5 Å². The number of carbonyl (C=O) groups is 4. The summed E-state index contributed by atoms with van der Waals surface area (Å²) in [5.41, 5.74) is 8.10. The maximum atomic E-state index is 13.2. The van der Waals surface area contributed by atoms with Crippen LogP contribution in [-0.2, 0) is 27.3 Å². The van der Waals surface area contributed by atoms with Crippen LogP contribution in [0.1, 0.15) is 27.9 Å². The summed E-state index contributed by atoms with van der Waals surface area (Å²) in [4.78, 5) is 49.9. The molecule has 7 N–H and O–H groups in total. The third-order valence-electron chi connectivity index (χ3n) is 6.02. The van der Waals surface area contributed by atoms with Crippen molar-refractivity contribution in [3.63, 3.8) is 0 Å². The third-order valence-corrected chi connectivity index (χ3v) is 6.34. The maximum absolute atomic E-state index is 13.2. The van der Waals surface area contributed by atoms with Crippen LogP contribution in [0.3, 0.4) is 0 Å². The Kier molecular flexibility index (Phi) is 4.39. The van der Waals surface area contributed by atoms with Gasteiger partial charge in [-0.1, -0.05) is 11.6 Å². The van der Waals surface area contributed by atoms with Gasteiger partial charge in [-0.15, -0.1) is 0 Å². The SMILES string of the molecule is NCc1cc(Cl)c2cc3c(c(O)c2c1O)C(=O)[C@]1(O)C(=O)C(C(N)=O)C(=O)C[C@@H]1C3. The van der Waals surface area contributed by atoms with Crippen LogP contribution >= 0.6 is 11.6 Å². The Labute approximate surface area is 174 Å². The molecule has 1 unspecified atom stereocenters. The Morgan fingerprint density at radius 3 is 2.43 bits per heavy atom. The van der Waals surface area contributed by atoms with Gasteiger partial charge < -0.3 is 26.8 Å². The number of phenolic OH excluding ortho intramolecular Hbond substituents is 2. The molecule has 1 fully saturated rings. The monoisotopic (exact) mass is 432 g/mol. The highest BCUT2D eigenvalue weighted by molar-refractivity contribution is 6.37. The summed E-state index contributed by atoms with van der Waals surface area (Å²) in [6.07, 6.45) is -0.523. The second-order valence-electron chi connectivity index (χ2n) is 7.62. The van der Waals surface area contributed by atoms with Gasteiger partial charge in [0.1, 0.15) is 11.5 Å². The summed E-state index contributed by atoms with van der Waals surface area (Å²) in [5.74, 6) is -8.61. The molecule has 0 aromatic heterocycles. The van der Waals surface area contributed by atoms with Crippen LogP contribution in [0.4, 0.5) is 0 Å². The second-order valence-corrected chi connectivity index (χ2v) is 8.03. The number of aromatic hydroxyl groups is 2. The topological polar surface area (TPSA) is 181 Å². The number of rotatable bonds is 2. The number of halogens is 1. The van der Waals surface area contributed by atoms with Gasteiger partial charge >= 0.3 is 0 Å². The summed E-state index contributed by atoms with van der Waals surface area (Å²) in [5, 5.41) is 32.7. The first-order valence-corrected chi connectivity index (χ1v) is 9.44. The van der Waals surface area contributed by atoms with E-state index < -0.39 is 52.9 Å². The molecule has 156 valence electrons. The van der Waals surface area contributed by atoms with Crippen molar-refractivity contribution in [2.45, 2.75) is 25.0 Å². The Morgan fingerprint density at radius 1 is 1.17 bits per heavy atom. The zero-order valence-electron chi connectivity index (χ0n) is 15.4. The molecule has 1 saturated carbocycles. The van der Waals surface area contributed by atoms with E-state index in [0.29, 0.717) is 0 Å². The Morgan fingerprint density at radius 2 is 1.83 bits per heavy atom. The van der Waals surface area contributed by atoms with E-state index in [2.05, 4.69) is 0 Å². The van der Waals surface area contributed by atoms with Crippen LogP contribution in [-0.4, -0.2) is 44.2 Å². The fourth-order valence-corrected chi connectivity index (χ4v) is 4.80. The first-order valence-electron chi connectivity index (χ1n) is 9.06. The molecule has 1 amide bonds. The first kappa shape index (κ1) is 20.3. The van der Waals surface area contributed by atoms with Crippen LogP contribution in [0.25, 0.3) is 10.8 Å². The zero-order chi connectivity index (χ0) is 22.1. The molecule has 2 aliphatic carbocycles. The standard InChI is InChI=1S/C20H17ClN2O7/c21-10-3-7(5-22)15(25)13-9(10)2-6-1-8-4-11(24)14(19(23)29)18(28)20(8,30)17(27)12(6)16(13)26/h2-3,8,14,25-26,30H,1,4-5,22H2,(H2,23,29)/t8-,14?,20-/m0/s1. The van der Waals surface area contributed by atoms with Crippen LogP contribution in [0.15, 0.2) is 12.1 Å². The molecule has 0 radical (unpaired) electrons. The molecule has 0 bridgehead atoms. The van der Waals surface area contributed by atoms with E-state index in [1.165, 1.54) is 12.1 Å². The quantitative estimate of drug-likeness (QED) is 0.414. The highest BCUT2D eigenvalue weighted by Gasteiger charge is 2.62. The normalized spacial score (nSPS) is 25.9. The van der Waals surface area contributed by atoms with Gasteiger partial charge in [0.2, 0.25) is 11.7 Å². The van der Waals surface area contributed by atoms with E-state index >= 15 is 0 Å². The van der Waals surface area contributed by atoms with Gasteiger partial charge in [0, 0.05) is 34.9 Å². The van der Waals surface area contributed by atoms with E-state index in [1.54, 1.807) is 0 Å². The third kappa shape index (κ3) is 2.43. The zero-order valence-corrected chi connectivity index (χ0v) is 16.2. The number of phenols is 2. The van der Waals surface area contributed by atoms with Gasteiger partial charge in [0.05, 0.1) is 10.9 Å². The van der Waals surface area contributed by atoms with Gasteiger partial charge in [0.25, 0.3) is 0 Å². The fraction of sp³-hybridized carbons (Fsp3) is 0.300. The Hall–Kier alpha value is -3.01. The van der Waals surface area contributed by atoms with Crippen molar-refractivity contribution < 1.29 is 34.5 Å². The molecule has 2 aromatic rings. The highest BCUT2D eigenvalue weighted by atomic mass is 35.5.